The highest BCUT2D eigenvalue weighted by Gasteiger charge is 2.17. The molecule has 0 bridgehead atoms. The molecule has 0 aromatic carbocycles. The predicted molar refractivity (Wildman–Crippen MR) is 72.3 cm³/mol. The van der Waals surface area contributed by atoms with Gasteiger partial charge in [-0.3, -0.25) is 0 Å². The number of aromatic nitrogens is 2. The molecule has 3 heterocycles. The number of nitrogens with zero attached hydrogens (tertiary/aromatic N) is 2. The molecule has 0 radical (unpaired) electrons. The quantitative estimate of drug-likeness (QED) is 0.773. The number of hydrogen-bond acceptors (Lipinski definition) is 7. The normalized spacial score (nSPS) is 10.7. The summed E-state index contributed by atoms with van der Waals surface area (Å²) < 4.78 is 15.6. The lowest BCUT2D eigenvalue weighted by atomic mass is 10.4. The van der Waals surface area contributed by atoms with Gasteiger partial charge < -0.3 is 18.8 Å². The Labute approximate surface area is 122 Å². The summed E-state index contributed by atoms with van der Waals surface area (Å²) in [7, 11) is 0. The molecule has 3 aromatic heterocycles. The average Bonchev–Trinajstić information content (AvgIpc) is 3.16. The second-order valence-electron chi connectivity index (χ2n) is 4.14. The van der Waals surface area contributed by atoms with Gasteiger partial charge >= 0.3 is 5.97 Å². The Morgan fingerprint density at radius 1 is 1.52 bits per heavy atom. The Morgan fingerprint density at radius 2 is 2.38 bits per heavy atom. The maximum absolute atomic E-state index is 11.1. The molecule has 0 unspecified atom stereocenters. The van der Waals surface area contributed by atoms with Gasteiger partial charge in [-0.1, -0.05) is 5.16 Å². The number of hydrogen-bond donors (Lipinski definition) is 1. The van der Waals surface area contributed by atoms with E-state index in [4.69, 9.17) is 18.8 Å². The fraction of sp³-hybridized carbons (Fsp3) is 0.154. The molecule has 3 rings (SSSR count). The minimum atomic E-state index is -1.02. The van der Waals surface area contributed by atoms with Crippen molar-refractivity contribution in [3.8, 4) is 17.4 Å². The highest BCUT2D eigenvalue weighted by Crippen LogP contribution is 2.29. The van der Waals surface area contributed by atoms with Crippen molar-refractivity contribution in [2.24, 2.45) is 0 Å². The Morgan fingerprint density at radius 3 is 3.10 bits per heavy atom. The molecule has 0 atom stereocenters. The Kier molecular flexibility index (Phi) is 3.44. The number of thiophene rings is 1. The van der Waals surface area contributed by atoms with Gasteiger partial charge in [-0.15, -0.1) is 11.3 Å². The standard InChI is InChI=1S/C13H10N2O5S/c1-7-5-9(11(21-7)13(16)17)19-6-10-14-12(20-15-10)8-3-2-4-18-8/h2-5H,6H2,1H3,(H,16,17). The van der Waals surface area contributed by atoms with E-state index in [9.17, 15) is 4.79 Å². The molecule has 0 spiro atoms. The topological polar surface area (TPSA) is 98.6 Å². The van der Waals surface area contributed by atoms with Gasteiger partial charge in [0.1, 0.15) is 5.75 Å². The van der Waals surface area contributed by atoms with Crippen LogP contribution < -0.4 is 4.74 Å². The number of carboxylic acid groups (broad SMARTS) is 1. The summed E-state index contributed by atoms with van der Waals surface area (Å²) in [6.07, 6.45) is 1.50. The van der Waals surface area contributed by atoms with Crippen LogP contribution in [0, 0.1) is 6.92 Å². The molecule has 8 heteroatoms. The third kappa shape index (κ3) is 2.79. The lowest BCUT2D eigenvalue weighted by molar-refractivity contribution is 0.0697. The minimum Gasteiger partial charge on any atom is -0.484 e. The molecule has 3 aromatic rings. The van der Waals surface area contributed by atoms with Gasteiger partial charge in [0.25, 0.3) is 5.89 Å². The van der Waals surface area contributed by atoms with Crippen molar-refractivity contribution in [1.29, 1.82) is 0 Å². The molecule has 108 valence electrons. The first-order valence-corrected chi connectivity index (χ1v) is 6.78. The Hall–Kier alpha value is -2.61. The van der Waals surface area contributed by atoms with Gasteiger partial charge in [-0.05, 0) is 25.1 Å². The van der Waals surface area contributed by atoms with Crippen LogP contribution in [0.2, 0.25) is 0 Å². The van der Waals surface area contributed by atoms with Gasteiger partial charge in [0.05, 0.1) is 6.26 Å². The monoisotopic (exact) mass is 306 g/mol. The third-order valence-electron chi connectivity index (χ3n) is 2.57. The van der Waals surface area contributed by atoms with E-state index in [1.165, 1.54) is 6.26 Å². The van der Waals surface area contributed by atoms with E-state index in [2.05, 4.69) is 10.1 Å². The van der Waals surface area contributed by atoms with Crippen LogP contribution in [0.25, 0.3) is 11.7 Å². The number of carboxylic acids is 1. The molecule has 0 fully saturated rings. The van der Waals surface area contributed by atoms with Crippen LogP contribution in [0.15, 0.2) is 33.4 Å². The van der Waals surface area contributed by atoms with E-state index >= 15 is 0 Å². The van der Waals surface area contributed by atoms with Crippen LogP contribution in [0.3, 0.4) is 0 Å². The van der Waals surface area contributed by atoms with Gasteiger partial charge in [0.2, 0.25) is 5.82 Å². The van der Waals surface area contributed by atoms with E-state index in [0.717, 1.165) is 16.2 Å². The zero-order valence-electron chi connectivity index (χ0n) is 10.9. The van der Waals surface area contributed by atoms with E-state index in [-0.39, 0.29) is 17.4 Å². The van der Waals surface area contributed by atoms with E-state index in [1.54, 1.807) is 18.2 Å². The zero-order valence-corrected chi connectivity index (χ0v) is 11.7. The van der Waals surface area contributed by atoms with Crippen molar-refractivity contribution in [2.45, 2.75) is 13.5 Å². The van der Waals surface area contributed by atoms with Crippen molar-refractivity contribution in [3.63, 3.8) is 0 Å². The molecule has 0 aliphatic rings. The number of aryl methyl sites for hydroxylation is 1. The fourth-order valence-corrected chi connectivity index (χ4v) is 2.50. The molecule has 7 nitrogen and oxygen atoms in total. The number of rotatable bonds is 5. The molecular weight excluding hydrogens is 296 g/mol. The van der Waals surface area contributed by atoms with Gasteiger partial charge in [-0.25, -0.2) is 4.79 Å². The fourth-order valence-electron chi connectivity index (χ4n) is 1.70. The molecule has 21 heavy (non-hydrogen) atoms. The van der Waals surface area contributed by atoms with E-state index in [0.29, 0.717) is 17.3 Å². The van der Waals surface area contributed by atoms with Crippen LogP contribution >= 0.6 is 11.3 Å². The van der Waals surface area contributed by atoms with Crippen LogP contribution in [-0.4, -0.2) is 21.2 Å². The lowest BCUT2D eigenvalue weighted by Gasteiger charge is -2.01. The van der Waals surface area contributed by atoms with Crippen LogP contribution in [0.5, 0.6) is 5.75 Å². The smallest absolute Gasteiger partial charge is 0.349 e. The molecule has 0 saturated heterocycles. The molecular formula is C13H10N2O5S. The molecule has 1 N–H and O–H groups in total. The highest BCUT2D eigenvalue weighted by molar-refractivity contribution is 7.14. The van der Waals surface area contributed by atoms with Crippen LogP contribution in [0.4, 0.5) is 0 Å². The summed E-state index contributed by atoms with van der Waals surface area (Å²) in [6, 6.07) is 5.08. The molecule has 0 saturated carbocycles. The summed E-state index contributed by atoms with van der Waals surface area (Å²) in [6.45, 7) is 1.83. The van der Waals surface area contributed by atoms with Crippen LogP contribution in [0.1, 0.15) is 20.4 Å². The van der Waals surface area contributed by atoms with Gasteiger partial charge in [0, 0.05) is 4.88 Å². The zero-order chi connectivity index (χ0) is 14.8. The maximum atomic E-state index is 11.1. The summed E-state index contributed by atoms with van der Waals surface area (Å²) in [5.74, 6) is 0.299. The number of aromatic carboxylic acids is 1. The van der Waals surface area contributed by atoms with Gasteiger partial charge in [-0.2, -0.15) is 4.98 Å². The van der Waals surface area contributed by atoms with Crippen molar-refractivity contribution in [2.75, 3.05) is 0 Å². The Balaban J connectivity index is 1.72. The van der Waals surface area contributed by atoms with E-state index in [1.807, 2.05) is 6.92 Å². The maximum Gasteiger partial charge on any atom is 0.349 e. The van der Waals surface area contributed by atoms with Crippen molar-refractivity contribution in [3.05, 3.63) is 40.0 Å². The number of furan rings is 1. The molecule has 0 amide bonds. The Bertz CT molecular complexity index is 759. The molecule has 0 aliphatic carbocycles. The highest BCUT2D eigenvalue weighted by atomic mass is 32.1. The van der Waals surface area contributed by atoms with Crippen molar-refractivity contribution < 1.29 is 23.6 Å². The van der Waals surface area contributed by atoms with Crippen molar-refractivity contribution >= 4 is 17.3 Å². The molecule has 0 aliphatic heterocycles. The van der Waals surface area contributed by atoms with Crippen molar-refractivity contribution in [1.82, 2.24) is 10.1 Å². The lowest BCUT2D eigenvalue weighted by Crippen LogP contribution is -2.01. The number of carbonyl (C=O) groups is 1. The van der Waals surface area contributed by atoms with Gasteiger partial charge in [0.15, 0.2) is 17.2 Å². The summed E-state index contributed by atoms with van der Waals surface area (Å²) in [5, 5.41) is 12.8. The summed E-state index contributed by atoms with van der Waals surface area (Å²) >= 11 is 1.16. The number of ether oxygens (including phenoxy) is 1. The average molecular weight is 306 g/mol. The summed E-state index contributed by atoms with van der Waals surface area (Å²) in [5.41, 5.74) is 0. The first kappa shape index (κ1) is 13.4. The second-order valence-corrected chi connectivity index (χ2v) is 5.39. The first-order valence-electron chi connectivity index (χ1n) is 5.96. The first-order chi connectivity index (χ1) is 10.1. The minimum absolute atomic E-state index is 0.0145. The summed E-state index contributed by atoms with van der Waals surface area (Å²) in [4.78, 5) is 16.2. The second kappa shape index (κ2) is 5.41. The predicted octanol–water partition coefficient (Wildman–Crippen LogP) is 2.98. The largest absolute Gasteiger partial charge is 0.484 e. The third-order valence-corrected chi connectivity index (χ3v) is 3.59. The van der Waals surface area contributed by atoms with E-state index < -0.39 is 5.97 Å². The van der Waals surface area contributed by atoms with Crippen LogP contribution in [-0.2, 0) is 6.61 Å². The SMILES string of the molecule is Cc1cc(OCc2noc(-c3ccco3)n2)c(C(=O)O)s1.